The second-order valence-electron chi connectivity index (χ2n) is 4.53. The van der Waals surface area contributed by atoms with Crippen LogP contribution in [0.15, 0.2) is 78.2 Å². The van der Waals surface area contributed by atoms with Crippen LogP contribution in [0.3, 0.4) is 0 Å². The van der Waals surface area contributed by atoms with E-state index in [1.54, 1.807) is 0 Å². The van der Waals surface area contributed by atoms with Gasteiger partial charge in [0.25, 0.3) is 0 Å². The molecule has 0 nitrogen and oxygen atoms in total. The van der Waals surface area contributed by atoms with Gasteiger partial charge in [0.15, 0.2) is 0 Å². The molecule has 0 radical (unpaired) electrons. The number of benzene rings is 3. The summed E-state index contributed by atoms with van der Waals surface area (Å²) in [6, 6.07) is 22.7. The first-order valence-electron chi connectivity index (χ1n) is 6.23. The van der Waals surface area contributed by atoms with Gasteiger partial charge in [-0.3, -0.25) is 0 Å². The molecule has 0 heterocycles. The standard InChI is InChI=1S/C18H14S/c1-13(14-7-3-2-4-8-14)18-16-10-6-5-9-15(16)11-12-17(18)19/h2-12,19H,1H2. The summed E-state index contributed by atoms with van der Waals surface area (Å²) in [5, 5.41) is 2.41. The van der Waals surface area contributed by atoms with E-state index in [0.717, 1.165) is 21.6 Å². The third-order valence-corrected chi connectivity index (χ3v) is 3.70. The highest BCUT2D eigenvalue weighted by Gasteiger charge is 2.09. The van der Waals surface area contributed by atoms with Crippen molar-refractivity contribution in [1.29, 1.82) is 0 Å². The molecule has 0 aliphatic heterocycles. The van der Waals surface area contributed by atoms with Gasteiger partial charge in [-0.15, -0.1) is 12.6 Å². The summed E-state index contributed by atoms with van der Waals surface area (Å²) in [7, 11) is 0. The highest BCUT2D eigenvalue weighted by molar-refractivity contribution is 7.80. The van der Waals surface area contributed by atoms with Crippen LogP contribution in [-0.4, -0.2) is 0 Å². The van der Waals surface area contributed by atoms with Crippen molar-refractivity contribution in [3.63, 3.8) is 0 Å². The summed E-state index contributed by atoms with van der Waals surface area (Å²) in [6.07, 6.45) is 0. The lowest BCUT2D eigenvalue weighted by atomic mass is 9.94. The third-order valence-electron chi connectivity index (χ3n) is 3.33. The first-order chi connectivity index (χ1) is 9.27. The maximum atomic E-state index is 4.60. The molecule has 0 amide bonds. The molecule has 92 valence electrons. The van der Waals surface area contributed by atoms with Crippen LogP contribution in [0.5, 0.6) is 0 Å². The van der Waals surface area contributed by atoms with Crippen LogP contribution in [0.25, 0.3) is 16.3 Å². The largest absolute Gasteiger partial charge is 0.143 e. The molecule has 0 saturated carbocycles. The summed E-state index contributed by atoms with van der Waals surface area (Å²) >= 11 is 4.60. The van der Waals surface area contributed by atoms with E-state index in [2.05, 4.69) is 61.7 Å². The topological polar surface area (TPSA) is 0 Å². The number of hydrogen-bond acceptors (Lipinski definition) is 1. The Morgan fingerprint density at radius 3 is 2.26 bits per heavy atom. The van der Waals surface area contributed by atoms with E-state index >= 15 is 0 Å². The molecule has 0 spiro atoms. The Kier molecular flexibility index (Phi) is 3.14. The SMILES string of the molecule is C=C(c1ccccc1)c1c(S)ccc2ccccc12. The third kappa shape index (κ3) is 2.18. The molecule has 0 bridgehead atoms. The van der Waals surface area contributed by atoms with Gasteiger partial charge in [-0.05, 0) is 28.0 Å². The lowest BCUT2D eigenvalue weighted by molar-refractivity contribution is 1.44. The average Bonchev–Trinajstić information content (AvgIpc) is 2.47. The molecule has 0 aliphatic carbocycles. The summed E-state index contributed by atoms with van der Waals surface area (Å²) in [4.78, 5) is 0.965. The summed E-state index contributed by atoms with van der Waals surface area (Å²) in [5.41, 5.74) is 3.27. The molecular weight excluding hydrogens is 248 g/mol. The smallest absolute Gasteiger partial charge is 0.0125 e. The van der Waals surface area contributed by atoms with Crippen molar-refractivity contribution in [3.05, 3.63) is 84.4 Å². The number of thiol groups is 1. The first kappa shape index (κ1) is 12.1. The minimum atomic E-state index is 0.965. The molecule has 19 heavy (non-hydrogen) atoms. The minimum absolute atomic E-state index is 0.965. The van der Waals surface area contributed by atoms with E-state index in [-0.39, 0.29) is 0 Å². The van der Waals surface area contributed by atoms with Gasteiger partial charge in [0, 0.05) is 10.5 Å². The van der Waals surface area contributed by atoms with Crippen LogP contribution < -0.4 is 0 Å². The second kappa shape index (κ2) is 4.94. The van der Waals surface area contributed by atoms with Crippen molar-refractivity contribution in [3.8, 4) is 0 Å². The van der Waals surface area contributed by atoms with E-state index in [0.29, 0.717) is 0 Å². The Balaban J connectivity index is 2.25. The van der Waals surface area contributed by atoms with Crippen LogP contribution >= 0.6 is 12.6 Å². The fourth-order valence-electron chi connectivity index (χ4n) is 2.36. The lowest BCUT2D eigenvalue weighted by Gasteiger charge is -2.12. The zero-order valence-electron chi connectivity index (χ0n) is 10.5. The molecule has 0 saturated heterocycles. The summed E-state index contributed by atoms with van der Waals surface area (Å²) in [5.74, 6) is 0. The van der Waals surface area contributed by atoms with E-state index in [1.807, 2.05) is 24.3 Å². The van der Waals surface area contributed by atoms with Gasteiger partial charge >= 0.3 is 0 Å². The van der Waals surface area contributed by atoms with Gasteiger partial charge in [-0.1, -0.05) is 67.2 Å². The van der Waals surface area contributed by atoms with Crippen molar-refractivity contribution in [2.45, 2.75) is 4.90 Å². The highest BCUT2D eigenvalue weighted by Crippen LogP contribution is 2.33. The predicted molar refractivity (Wildman–Crippen MR) is 85.8 cm³/mol. The fraction of sp³-hybridized carbons (Fsp3) is 0. The zero-order valence-corrected chi connectivity index (χ0v) is 11.4. The Labute approximate surface area is 118 Å². The van der Waals surface area contributed by atoms with E-state index in [9.17, 15) is 0 Å². The Hall–Kier alpha value is -1.99. The maximum Gasteiger partial charge on any atom is 0.0125 e. The van der Waals surface area contributed by atoms with E-state index < -0.39 is 0 Å². The number of fused-ring (bicyclic) bond motifs is 1. The van der Waals surface area contributed by atoms with Crippen molar-refractivity contribution in [2.24, 2.45) is 0 Å². The molecule has 0 aliphatic rings. The normalized spacial score (nSPS) is 10.6. The van der Waals surface area contributed by atoms with Crippen LogP contribution in [0.4, 0.5) is 0 Å². The molecule has 0 unspecified atom stereocenters. The highest BCUT2D eigenvalue weighted by atomic mass is 32.1. The van der Waals surface area contributed by atoms with E-state index in [1.165, 1.54) is 10.8 Å². The molecule has 0 fully saturated rings. The van der Waals surface area contributed by atoms with Gasteiger partial charge in [0.2, 0.25) is 0 Å². The zero-order chi connectivity index (χ0) is 13.2. The summed E-state index contributed by atoms with van der Waals surface area (Å²) in [6.45, 7) is 4.26. The van der Waals surface area contributed by atoms with Gasteiger partial charge in [0.1, 0.15) is 0 Å². The Morgan fingerprint density at radius 2 is 1.47 bits per heavy atom. The van der Waals surface area contributed by atoms with Crippen LogP contribution in [0.1, 0.15) is 11.1 Å². The monoisotopic (exact) mass is 262 g/mol. The van der Waals surface area contributed by atoms with Crippen LogP contribution in [0, 0.1) is 0 Å². The first-order valence-corrected chi connectivity index (χ1v) is 6.67. The molecule has 0 aromatic heterocycles. The molecule has 3 aromatic rings. The Bertz CT molecular complexity index is 742. The van der Waals surface area contributed by atoms with Crippen LogP contribution in [-0.2, 0) is 0 Å². The average molecular weight is 262 g/mol. The molecule has 0 atom stereocenters. The Morgan fingerprint density at radius 1 is 0.789 bits per heavy atom. The number of rotatable bonds is 2. The molecule has 1 heteroatoms. The fourth-order valence-corrected chi connectivity index (χ4v) is 2.69. The maximum absolute atomic E-state index is 4.60. The molecule has 3 aromatic carbocycles. The van der Waals surface area contributed by atoms with Crippen molar-refractivity contribution >= 4 is 29.0 Å². The molecule has 3 rings (SSSR count). The quantitative estimate of drug-likeness (QED) is 0.604. The lowest BCUT2D eigenvalue weighted by Crippen LogP contribution is -1.90. The van der Waals surface area contributed by atoms with Crippen molar-refractivity contribution in [2.75, 3.05) is 0 Å². The summed E-state index contributed by atoms with van der Waals surface area (Å²) < 4.78 is 0. The van der Waals surface area contributed by atoms with Gasteiger partial charge in [0.05, 0.1) is 0 Å². The van der Waals surface area contributed by atoms with Gasteiger partial charge in [-0.2, -0.15) is 0 Å². The minimum Gasteiger partial charge on any atom is -0.143 e. The molecular formula is C18H14S. The van der Waals surface area contributed by atoms with Crippen molar-refractivity contribution in [1.82, 2.24) is 0 Å². The number of hydrogen-bond donors (Lipinski definition) is 1. The van der Waals surface area contributed by atoms with Gasteiger partial charge < -0.3 is 0 Å². The second-order valence-corrected chi connectivity index (χ2v) is 5.01. The molecule has 0 N–H and O–H groups in total. The van der Waals surface area contributed by atoms with Crippen LogP contribution in [0.2, 0.25) is 0 Å². The van der Waals surface area contributed by atoms with Crippen molar-refractivity contribution < 1.29 is 0 Å². The van der Waals surface area contributed by atoms with Gasteiger partial charge in [-0.25, -0.2) is 0 Å². The predicted octanol–water partition coefficient (Wildman–Crippen LogP) is 5.19. The van der Waals surface area contributed by atoms with E-state index in [4.69, 9.17) is 0 Å².